The third-order valence-corrected chi connectivity index (χ3v) is 9.50. The molecule has 9 nitrogen and oxygen atoms in total. The van der Waals surface area contributed by atoms with Crippen molar-refractivity contribution in [1.29, 1.82) is 0 Å². The number of nitrogens with zero attached hydrogens (tertiary/aromatic N) is 2. The predicted octanol–water partition coefficient (Wildman–Crippen LogP) is 5.58. The van der Waals surface area contributed by atoms with Crippen molar-refractivity contribution in [3.8, 4) is 23.0 Å². The zero-order valence-electron chi connectivity index (χ0n) is 27.1. The zero-order valence-corrected chi connectivity index (χ0v) is 28.9. The summed E-state index contributed by atoms with van der Waals surface area (Å²) in [6.45, 7) is 5.04. The quantitative estimate of drug-likeness (QED) is 0.177. The van der Waals surface area contributed by atoms with Gasteiger partial charge >= 0.3 is 18.1 Å². The number of likely N-dealkylation sites (N-methyl/N-ethyl adjacent to an activating group) is 2. The number of carbonyl (C=O) groups is 3. The highest BCUT2D eigenvalue weighted by Gasteiger charge is 2.37. The van der Waals surface area contributed by atoms with E-state index in [1.54, 1.807) is 12.1 Å². The number of hydrogen-bond donors (Lipinski definition) is 2. The number of esters is 2. The van der Waals surface area contributed by atoms with Crippen molar-refractivity contribution in [1.82, 2.24) is 9.80 Å². The maximum atomic E-state index is 11.5. The lowest BCUT2D eigenvalue weighted by atomic mass is 9.75. The second kappa shape index (κ2) is 16.3. The first kappa shape index (κ1) is 38.3. The molecule has 2 heterocycles. The van der Waals surface area contributed by atoms with Crippen LogP contribution in [-0.4, -0.2) is 83.7 Å². The number of aldehydes is 1. The maximum absolute atomic E-state index is 11.5. The van der Waals surface area contributed by atoms with E-state index in [0.717, 1.165) is 43.4 Å². The highest BCUT2D eigenvalue weighted by atomic mass is 79.9. The summed E-state index contributed by atoms with van der Waals surface area (Å²) in [7, 11) is 4.38. The number of piperidine rings is 2. The van der Waals surface area contributed by atoms with Gasteiger partial charge in [0.25, 0.3) is 0 Å². The minimum atomic E-state index is -4.64. The van der Waals surface area contributed by atoms with Crippen molar-refractivity contribution in [2.75, 3.05) is 27.2 Å². The topological polar surface area (TPSA) is 117 Å². The predicted molar refractivity (Wildman–Crippen MR) is 174 cm³/mol. The van der Waals surface area contributed by atoms with Crippen molar-refractivity contribution in [3.05, 3.63) is 46.5 Å². The average Bonchev–Trinajstić information content (AvgIpc) is 2.99. The fourth-order valence-corrected chi connectivity index (χ4v) is 7.38. The molecule has 0 amide bonds. The molecular formula is C34H44BrF3N2O7. The van der Waals surface area contributed by atoms with Crippen LogP contribution in [0.1, 0.15) is 61.8 Å². The van der Waals surface area contributed by atoms with E-state index in [9.17, 15) is 33.0 Å². The lowest BCUT2D eigenvalue weighted by Gasteiger charge is -2.43. The highest BCUT2D eigenvalue weighted by molar-refractivity contribution is 8.93. The smallest absolute Gasteiger partial charge is 0.446 e. The molecule has 2 N–H and O–H groups in total. The summed E-state index contributed by atoms with van der Waals surface area (Å²) in [4.78, 5) is 36.4. The van der Waals surface area contributed by atoms with Gasteiger partial charge in [-0.15, -0.1) is 17.0 Å². The fraction of sp³-hybridized carbons (Fsp3) is 0.559. The van der Waals surface area contributed by atoms with Crippen LogP contribution in [0.15, 0.2) is 24.3 Å². The largest absolute Gasteiger partial charge is 0.504 e. The van der Waals surface area contributed by atoms with E-state index in [2.05, 4.69) is 23.9 Å². The second-order valence-corrected chi connectivity index (χ2v) is 12.7. The number of ether oxygens (including phenoxy) is 2. The summed E-state index contributed by atoms with van der Waals surface area (Å²) in [6, 6.07) is 8.46. The monoisotopic (exact) mass is 728 g/mol. The molecule has 2 aliphatic heterocycles. The van der Waals surface area contributed by atoms with Crippen LogP contribution in [-0.2, 0) is 40.1 Å². The van der Waals surface area contributed by atoms with Crippen LogP contribution in [0.5, 0.6) is 23.0 Å². The molecule has 0 bridgehead atoms. The summed E-state index contributed by atoms with van der Waals surface area (Å²) >= 11 is 0. The number of aromatic hydroxyl groups is 2. The van der Waals surface area contributed by atoms with E-state index in [4.69, 9.17) is 14.3 Å². The molecule has 0 radical (unpaired) electrons. The molecule has 13 heteroatoms. The molecule has 0 aromatic heterocycles. The Morgan fingerprint density at radius 2 is 1.28 bits per heavy atom. The number of phenols is 2. The third kappa shape index (κ3) is 9.70. The van der Waals surface area contributed by atoms with E-state index < -0.39 is 24.4 Å². The van der Waals surface area contributed by atoms with Crippen molar-refractivity contribution in [2.24, 2.45) is 11.8 Å². The number of hydrogen-bond acceptors (Lipinski definition) is 9. The van der Waals surface area contributed by atoms with Crippen LogP contribution in [0, 0.1) is 11.8 Å². The van der Waals surface area contributed by atoms with Gasteiger partial charge in [-0.1, -0.05) is 12.1 Å². The molecule has 0 saturated carbocycles. The number of benzene rings is 2. The second-order valence-electron chi connectivity index (χ2n) is 12.7. The van der Waals surface area contributed by atoms with Gasteiger partial charge < -0.3 is 29.5 Å². The summed E-state index contributed by atoms with van der Waals surface area (Å²) in [5.41, 5.74) is 4.39. The first-order valence-corrected chi connectivity index (χ1v) is 15.7. The summed E-state index contributed by atoms with van der Waals surface area (Å²) < 4.78 is 41.9. The molecule has 260 valence electrons. The molecule has 2 aromatic carbocycles. The van der Waals surface area contributed by atoms with Gasteiger partial charge in [-0.25, -0.2) is 0 Å². The molecule has 0 spiro atoms. The van der Waals surface area contributed by atoms with Gasteiger partial charge in [-0.05, 0) is 114 Å². The van der Waals surface area contributed by atoms with Gasteiger partial charge in [0, 0.05) is 37.1 Å². The molecule has 2 fully saturated rings. The minimum Gasteiger partial charge on any atom is -0.504 e. The van der Waals surface area contributed by atoms with E-state index in [-0.39, 0.29) is 28.5 Å². The van der Waals surface area contributed by atoms with E-state index in [1.165, 1.54) is 57.2 Å². The molecule has 47 heavy (non-hydrogen) atoms. The fourth-order valence-electron chi connectivity index (χ4n) is 7.38. The van der Waals surface area contributed by atoms with Crippen LogP contribution >= 0.6 is 17.0 Å². The Kier molecular flexibility index (Phi) is 13.3. The molecule has 0 unspecified atom stereocenters. The highest BCUT2D eigenvalue weighted by Crippen LogP contribution is 2.43. The summed E-state index contributed by atoms with van der Waals surface area (Å²) in [6.07, 6.45) is 2.89. The van der Waals surface area contributed by atoms with E-state index in [1.807, 2.05) is 12.1 Å². The maximum Gasteiger partial charge on any atom is 0.446 e. The van der Waals surface area contributed by atoms with Gasteiger partial charge in [0.05, 0.1) is 0 Å². The van der Waals surface area contributed by atoms with Crippen molar-refractivity contribution >= 4 is 35.2 Å². The number of phenolic OH excluding ortho intramolecular Hbond substituents is 2. The molecule has 2 aromatic rings. The molecule has 4 aliphatic rings. The lowest BCUT2D eigenvalue weighted by molar-refractivity contribution is -0.156. The number of alkyl halides is 3. The lowest BCUT2D eigenvalue weighted by Crippen LogP contribution is -2.47. The molecule has 2 aliphatic carbocycles. The number of carbonyl (C=O) groups excluding carboxylic acids is 3. The van der Waals surface area contributed by atoms with Gasteiger partial charge in [-0.2, -0.15) is 13.2 Å². The van der Waals surface area contributed by atoms with Crippen molar-refractivity contribution in [2.45, 2.75) is 83.5 Å². The Hall–Kier alpha value is -3.16. The van der Waals surface area contributed by atoms with Crippen LogP contribution in [0.3, 0.4) is 0 Å². The first-order valence-electron chi connectivity index (χ1n) is 15.7. The van der Waals surface area contributed by atoms with Gasteiger partial charge in [0.1, 0.15) is 0 Å². The van der Waals surface area contributed by atoms with Crippen molar-refractivity contribution in [3.63, 3.8) is 0 Å². The number of fused-ring (bicyclic) bond motifs is 4. The number of halogens is 4. The van der Waals surface area contributed by atoms with Crippen LogP contribution in [0.4, 0.5) is 13.2 Å². The molecular weight excluding hydrogens is 685 g/mol. The van der Waals surface area contributed by atoms with E-state index >= 15 is 0 Å². The number of rotatable bonds is 2. The summed E-state index contributed by atoms with van der Waals surface area (Å²) in [5, 5.41) is 19.5. The standard InChI is InChI=1S/C18H23NO4.C14H19NO2.C2HF3O.BrH/c1-11(20)22-17-7-6-13-10-16-14(5-4-8-19(16)3)9-15(13)18(17)23-12(2)21;1-15-6-2-3-10-7-11-9(8-12(10)15)4-5-13(16)14(11)17;3-2(4,5)1-6;/h6-7,14,16H,4-5,8-10H2,1-3H3;4-5,10,12,16-17H,2-3,6-8H2,1H3;1H;1H/t14-,16-;10-,12-;;/m00../s1. The average molecular weight is 730 g/mol. The third-order valence-electron chi connectivity index (χ3n) is 9.50. The SMILES string of the molecule is Br.CC(=O)Oc1ccc2c(c1OC(C)=O)C[C@@H]1CCCN(C)[C@H]1C2.CN1CCC[C@H]2Cc3c(ccc(O)c3O)C[C@@H]21.O=CC(F)(F)F. The Labute approximate surface area is 283 Å². The zero-order chi connectivity index (χ0) is 33.8. The van der Waals surface area contributed by atoms with Gasteiger partial charge in [-0.3, -0.25) is 14.4 Å². The van der Waals surface area contributed by atoms with Crippen molar-refractivity contribution < 1.29 is 47.2 Å². The summed E-state index contributed by atoms with van der Waals surface area (Å²) in [5.74, 6) is 1.28. The Morgan fingerprint density at radius 1 is 0.809 bits per heavy atom. The molecule has 6 rings (SSSR count). The normalized spacial score (nSPS) is 23.3. The minimum absolute atomic E-state index is 0. The molecule has 4 atom stereocenters. The first-order chi connectivity index (χ1) is 21.7. The Morgan fingerprint density at radius 3 is 1.77 bits per heavy atom. The van der Waals surface area contributed by atoms with Crippen LogP contribution in [0.2, 0.25) is 0 Å². The molecule has 2 saturated heterocycles. The Balaban J connectivity index is 0.000000220. The van der Waals surface area contributed by atoms with Crippen LogP contribution < -0.4 is 9.47 Å². The van der Waals surface area contributed by atoms with Crippen LogP contribution in [0.25, 0.3) is 0 Å². The Bertz CT molecular complexity index is 1440. The van der Waals surface area contributed by atoms with Gasteiger partial charge in [0.2, 0.25) is 6.29 Å². The number of likely N-dealkylation sites (tertiary alicyclic amines) is 2. The van der Waals surface area contributed by atoms with Gasteiger partial charge in [0.15, 0.2) is 23.0 Å². The van der Waals surface area contributed by atoms with E-state index in [0.29, 0.717) is 35.4 Å².